The molecule has 0 radical (unpaired) electrons. The molecule has 3 aromatic rings. The molecule has 3 aromatic heterocycles. The highest BCUT2D eigenvalue weighted by molar-refractivity contribution is 7.89. The highest BCUT2D eigenvalue weighted by atomic mass is 32.2. The van der Waals surface area contributed by atoms with Gasteiger partial charge >= 0.3 is 0 Å². The number of rotatable bonds is 5. The standard InChI is InChI=1S/C21H28N8O2S/c22-13-7-9-14(10-8-13)26-21-27-18(17-16(32(23,30)31)6-3-11-24-17)19-20(28-21)29(12-25-19)15-4-1-2-5-15/h3,6,11-15H,1-2,4-5,7-10,22H2,(H2,23,30,31)(H,26,27,28). The summed E-state index contributed by atoms with van der Waals surface area (Å²) < 4.78 is 26.6. The van der Waals surface area contributed by atoms with Crippen molar-refractivity contribution in [2.45, 2.75) is 74.4 Å². The molecule has 11 heteroatoms. The molecule has 10 nitrogen and oxygen atoms in total. The lowest BCUT2D eigenvalue weighted by Crippen LogP contribution is -2.33. The number of nitrogens with zero attached hydrogens (tertiary/aromatic N) is 5. The second kappa shape index (κ2) is 8.38. The summed E-state index contributed by atoms with van der Waals surface area (Å²) >= 11 is 0. The molecule has 2 aliphatic carbocycles. The van der Waals surface area contributed by atoms with Gasteiger partial charge in [0.1, 0.15) is 21.8 Å². The Bertz CT molecular complexity index is 1230. The van der Waals surface area contributed by atoms with E-state index < -0.39 is 10.0 Å². The first kappa shape index (κ1) is 21.2. The van der Waals surface area contributed by atoms with E-state index in [1.165, 1.54) is 25.1 Å². The summed E-state index contributed by atoms with van der Waals surface area (Å²) in [6.07, 6.45) is 11.6. The predicted molar refractivity (Wildman–Crippen MR) is 121 cm³/mol. The van der Waals surface area contributed by atoms with E-state index in [0.717, 1.165) is 38.5 Å². The zero-order chi connectivity index (χ0) is 22.3. The topological polar surface area (TPSA) is 155 Å². The highest BCUT2D eigenvalue weighted by Crippen LogP contribution is 2.35. The highest BCUT2D eigenvalue weighted by Gasteiger charge is 2.26. The molecule has 3 heterocycles. The summed E-state index contributed by atoms with van der Waals surface area (Å²) in [7, 11) is -4.00. The van der Waals surface area contributed by atoms with Crippen LogP contribution in [0.5, 0.6) is 0 Å². The first-order valence-corrected chi connectivity index (χ1v) is 12.7. The number of nitrogens with one attached hydrogen (secondary N) is 1. The normalized spacial score (nSPS) is 22.4. The van der Waals surface area contributed by atoms with E-state index in [9.17, 15) is 8.42 Å². The molecule has 2 aliphatic rings. The molecular formula is C21H28N8O2S. The third-order valence-electron chi connectivity index (χ3n) is 6.55. The summed E-state index contributed by atoms with van der Waals surface area (Å²) in [5.74, 6) is 0.443. The van der Waals surface area contributed by atoms with Crippen molar-refractivity contribution in [1.29, 1.82) is 0 Å². The van der Waals surface area contributed by atoms with Crippen molar-refractivity contribution in [2.24, 2.45) is 10.9 Å². The van der Waals surface area contributed by atoms with Crippen molar-refractivity contribution in [1.82, 2.24) is 24.5 Å². The average molecular weight is 457 g/mol. The van der Waals surface area contributed by atoms with Crippen LogP contribution in [0.2, 0.25) is 0 Å². The lowest BCUT2D eigenvalue weighted by molar-refractivity contribution is 0.410. The Kier molecular flexibility index (Phi) is 5.56. The number of sulfonamides is 1. The fraction of sp³-hybridized carbons (Fsp3) is 0.524. The fourth-order valence-corrected chi connectivity index (χ4v) is 5.53. The Morgan fingerprint density at radius 3 is 2.47 bits per heavy atom. The fourth-order valence-electron chi connectivity index (χ4n) is 4.84. The molecule has 32 heavy (non-hydrogen) atoms. The minimum absolute atomic E-state index is 0.0787. The summed E-state index contributed by atoms with van der Waals surface area (Å²) in [5, 5.41) is 8.92. The van der Waals surface area contributed by atoms with Gasteiger partial charge in [0, 0.05) is 24.3 Å². The summed E-state index contributed by atoms with van der Waals surface area (Å²) in [6, 6.07) is 3.76. The molecule has 5 rings (SSSR count). The van der Waals surface area contributed by atoms with Gasteiger partial charge in [-0.05, 0) is 50.7 Å². The van der Waals surface area contributed by atoms with E-state index in [0.29, 0.717) is 28.8 Å². The molecule has 2 fully saturated rings. The van der Waals surface area contributed by atoms with Gasteiger partial charge in [0.25, 0.3) is 0 Å². The first-order chi connectivity index (χ1) is 15.4. The maximum absolute atomic E-state index is 12.3. The van der Waals surface area contributed by atoms with Gasteiger partial charge < -0.3 is 15.6 Å². The third-order valence-corrected chi connectivity index (χ3v) is 7.49. The molecule has 0 bridgehead atoms. The van der Waals surface area contributed by atoms with Gasteiger partial charge in [0.05, 0.1) is 6.33 Å². The van der Waals surface area contributed by atoms with Crippen molar-refractivity contribution in [3.8, 4) is 11.4 Å². The van der Waals surface area contributed by atoms with E-state index in [1.807, 2.05) is 0 Å². The van der Waals surface area contributed by atoms with Gasteiger partial charge in [-0.2, -0.15) is 4.98 Å². The van der Waals surface area contributed by atoms with Crippen LogP contribution >= 0.6 is 0 Å². The zero-order valence-corrected chi connectivity index (χ0v) is 18.6. The zero-order valence-electron chi connectivity index (χ0n) is 17.8. The van der Waals surface area contributed by atoms with Crippen LogP contribution in [0.4, 0.5) is 5.95 Å². The second-order valence-electron chi connectivity index (χ2n) is 8.81. The van der Waals surface area contributed by atoms with Crippen LogP contribution in [0.25, 0.3) is 22.6 Å². The van der Waals surface area contributed by atoms with Crippen molar-refractivity contribution in [2.75, 3.05) is 5.32 Å². The Morgan fingerprint density at radius 2 is 1.75 bits per heavy atom. The molecule has 0 spiro atoms. The van der Waals surface area contributed by atoms with Gasteiger partial charge in [-0.3, -0.25) is 4.98 Å². The molecule has 2 saturated carbocycles. The Balaban J connectivity index is 1.65. The molecule has 170 valence electrons. The van der Waals surface area contributed by atoms with E-state index in [-0.39, 0.29) is 22.7 Å². The molecule has 5 N–H and O–H groups in total. The number of hydrogen-bond donors (Lipinski definition) is 3. The van der Waals surface area contributed by atoms with E-state index in [1.54, 1.807) is 12.4 Å². The van der Waals surface area contributed by atoms with Gasteiger partial charge in [0.15, 0.2) is 5.65 Å². The average Bonchev–Trinajstić information content (AvgIpc) is 3.44. The van der Waals surface area contributed by atoms with Crippen LogP contribution in [-0.2, 0) is 10.0 Å². The van der Waals surface area contributed by atoms with Gasteiger partial charge in [0.2, 0.25) is 16.0 Å². The summed E-state index contributed by atoms with van der Waals surface area (Å²) in [6.45, 7) is 0. The smallest absolute Gasteiger partial charge is 0.240 e. The Morgan fingerprint density at radius 1 is 1.00 bits per heavy atom. The number of imidazole rings is 1. The number of fused-ring (bicyclic) bond motifs is 1. The number of hydrogen-bond acceptors (Lipinski definition) is 8. The van der Waals surface area contributed by atoms with Gasteiger partial charge in [-0.15, -0.1) is 0 Å². The van der Waals surface area contributed by atoms with Crippen LogP contribution in [0.1, 0.15) is 57.4 Å². The van der Waals surface area contributed by atoms with Crippen LogP contribution in [0.3, 0.4) is 0 Å². The lowest BCUT2D eigenvalue weighted by Gasteiger charge is -2.27. The van der Waals surface area contributed by atoms with Gasteiger partial charge in [-0.25, -0.2) is 23.5 Å². The molecule has 0 atom stereocenters. The van der Waals surface area contributed by atoms with Crippen LogP contribution in [0, 0.1) is 0 Å². The maximum atomic E-state index is 12.3. The van der Waals surface area contributed by atoms with E-state index >= 15 is 0 Å². The largest absolute Gasteiger partial charge is 0.351 e. The van der Waals surface area contributed by atoms with Crippen LogP contribution in [-0.4, -0.2) is 45.0 Å². The summed E-state index contributed by atoms with van der Waals surface area (Å²) in [5.41, 5.74) is 7.81. The maximum Gasteiger partial charge on any atom is 0.240 e. The van der Waals surface area contributed by atoms with Crippen LogP contribution < -0.4 is 16.2 Å². The molecule has 0 amide bonds. The number of nitrogens with two attached hydrogens (primary N) is 2. The second-order valence-corrected chi connectivity index (χ2v) is 10.3. The van der Waals surface area contributed by atoms with E-state index in [2.05, 4.69) is 24.8 Å². The van der Waals surface area contributed by atoms with Crippen molar-refractivity contribution in [3.05, 3.63) is 24.7 Å². The van der Waals surface area contributed by atoms with Crippen LogP contribution in [0.15, 0.2) is 29.6 Å². The Labute approximate surface area is 186 Å². The number of pyridine rings is 1. The minimum Gasteiger partial charge on any atom is -0.351 e. The van der Waals surface area contributed by atoms with Crippen molar-refractivity contribution < 1.29 is 8.42 Å². The van der Waals surface area contributed by atoms with Gasteiger partial charge in [-0.1, -0.05) is 12.8 Å². The molecule has 0 aliphatic heterocycles. The minimum atomic E-state index is -4.00. The number of anilines is 1. The quantitative estimate of drug-likeness (QED) is 0.528. The molecule has 0 aromatic carbocycles. The summed E-state index contributed by atoms with van der Waals surface area (Å²) in [4.78, 5) is 18.3. The third kappa shape index (κ3) is 4.07. The monoisotopic (exact) mass is 456 g/mol. The molecule has 0 saturated heterocycles. The predicted octanol–water partition coefficient (Wildman–Crippen LogP) is 2.33. The first-order valence-electron chi connectivity index (χ1n) is 11.1. The number of aromatic nitrogens is 5. The molecule has 0 unspecified atom stereocenters. The van der Waals surface area contributed by atoms with Crippen molar-refractivity contribution in [3.63, 3.8) is 0 Å². The number of primary sulfonamides is 1. The molecular weight excluding hydrogens is 428 g/mol. The Hall–Kier alpha value is -2.63. The lowest BCUT2D eigenvalue weighted by atomic mass is 9.92. The SMILES string of the molecule is NC1CCC(Nc2nc(-c3ncccc3S(N)(=O)=O)c3ncn(C4CCCC4)c3n2)CC1. The van der Waals surface area contributed by atoms with E-state index in [4.69, 9.17) is 15.9 Å². The van der Waals surface area contributed by atoms with Crippen molar-refractivity contribution >= 4 is 27.1 Å².